The molecule has 2 heterocycles. The molecule has 0 radical (unpaired) electrons. The molecule has 3 rings (SSSR count). The number of rotatable bonds is 3. The van der Waals surface area contributed by atoms with Gasteiger partial charge in [-0.1, -0.05) is 19.3 Å². The summed E-state index contributed by atoms with van der Waals surface area (Å²) < 4.78 is 14.4. The normalized spacial score (nSPS) is 29.6. The number of halogens is 1. The van der Waals surface area contributed by atoms with Gasteiger partial charge >= 0.3 is 0 Å². The highest BCUT2D eigenvalue weighted by Crippen LogP contribution is 2.30. The Morgan fingerprint density at radius 3 is 2.55 bits per heavy atom. The van der Waals surface area contributed by atoms with Crippen LogP contribution in [0.15, 0.2) is 0 Å². The summed E-state index contributed by atoms with van der Waals surface area (Å²) in [5, 5.41) is 6.12. The van der Waals surface area contributed by atoms with Crippen LogP contribution in [0.3, 0.4) is 0 Å². The van der Waals surface area contributed by atoms with Crippen LogP contribution >= 0.6 is 0 Å². The van der Waals surface area contributed by atoms with Crippen molar-refractivity contribution in [1.82, 2.24) is 15.5 Å². The van der Waals surface area contributed by atoms with E-state index < -0.39 is 6.17 Å². The highest BCUT2D eigenvalue weighted by molar-refractivity contribution is 5.88. The third-order valence-electron chi connectivity index (χ3n) is 5.41. The number of nitrogens with zero attached hydrogens (tertiary/aromatic N) is 1. The summed E-state index contributed by atoms with van der Waals surface area (Å²) in [6.07, 6.45) is 6.69. The molecule has 0 aromatic carbocycles. The number of likely N-dealkylation sites (tertiary alicyclic amines) is 1. The fourth-order valence-corrected chi connectivity index (χ4v) is 3.96. The van der Waals surface area contributed by atoms with Crippen molar-refractivity contribution in [2.75, 3.05) is 26.3 Å². The zero-order valence-corrected chi connectivity index (χ0v) is 12.2. The third kappa shape index (κ3) is 2.84. The Morgan fingerprint density at radius 2 is 1.95 bits per heavy atom. The van der Waals surface area contributed by atoms with E-state index in [1.807, 2.05) is 0 Å². The van der Waals surface area contributed by atoms with Gasteiger partial charge in [-0.25, -0.2) is 4.39 Å². The molecule has 1 spiro atoms. The first-order valence-electron chi connectivity index (χ1n) is 8.09. The quantitative estimate of drug-likeness (QED) is 0.823. The fraction of sp³-hybridized carbons (Fsp3) is 0.933. The second-order valence-corrected chi connectivity index (χ2v) is 6.66. The molecule has 2 N–H and O–H groups in total. The van der Waals surface area contributed by atoms with E-state index in [0.29, 0.717) is 13.2 Å². The van der Waals surface area contributed by atoms with Gasteiger partial charge in [-0.2, -0.15) is 0 Å². The molecule has 0 aromatic rings. The number of nitrogens with one attached hydrogen (secondary N) is 2. The number of piperidine rings is 1. The van der Waals surface area contributed by atoms with Crippen molar-refractivity contribution in [3.05, 3.63) is 0 Å². The molecule has 0 aromatic heterocycles. The molecule has 1 aliphatic carbocycles. The summed E-state index contributed by atoms with van der Waals surface area (Å²) in [5.41, 5.74) is -0.368. The topological polar surface area (TPSA) is 44.4 Å². The van der Waals surface area contributed by atoms with Gasteiger partial charge in [0.1, 0.15) is 11.7 Å². The molecule has 0 unspecified atom stereocenters. The smallest absolute Gasteiger partial charge is 0.241 e. The van der Waals surface area contributed by atoms with Crippen molar-refractivity contribution >= 4 is 5.91 Å². The highest BCUT2D eigenvalue weighted by atomic mass is 19.1. The Kier molecular flexibility index (Phi) is 4.26. The van der Waals surface area contributed by atoms with E-state index in [1.54, 1.807) is 0 Å². The van der Waals surface area contributed by atoms with Crippen molar-refractivity contribution in [2.24, 2.45) is 5.92 Å². The van der Waals surface area contributed by atoms with Gasteiger partial charge in [0.15, 0.2) is 0 Å². The second-order valence-electron chi connectivity index (χ2n) is 6.66. The van der Waals surface area contributed by atoms with Gasteiger partial charge in [-0.3, -0.25) is 10.1 Å². The average molecular weight is 283 g/mol. The number of hydrogen-bond donors (Lipinski definition) is 2. The number of carbonyl (C=O) groups excluding carboxylic acids is 1. The largest absolute Gasteiger partial charge is 0.342 e. The van der Waals surface area contributed by atoms with Gasteiger partial charge in [-0.15, -0.1) is 0 Å². The standard InChI is InChI=1S/C15H26FN3O/c16-13(12-4-2-1-3-5-12)10-19-8-6-15(7-9-19)14(20)17-11-18-15/h12-13,18H,1-11H2,(H,17,20)/t13-/m1/s1. The van der Waals surface area contributed by atoms with Gasteiger partial charge < -0.3 is 10.2 Å². The van der Waals surface area contributed by atoms with Crippen molar-refractivity contribution in [3.63, 3.8) is 0 Å². The molecule has 114 valence electrons. The van der Waals surface area contributed by atoms with E-state index in [0.717, 1.165) is 38.8 Å². The van der Waals surface area contributed by atoms with Crippen molar-refractivity contribution < 1.29 is 9.18 Å². The molecule has 0 bridgehead atoms. The monoisotopic (exact) mass is 283 g/mol. The average Bonchev–Trinajstić information content (AvgIpc) is 2.83. The lowest BCUT2D eigenvalue weighted by atomic mass is 9.84. The lowest BCUT2D eigenvalue weighted by Crippen LogP contribution is -2.55. The van der Waals surface area contributed by atoms with Gasteiger partial charge in [0.05, 0.1) is 6.67 Å². The Labute approximate surface area is 120 Å². The minimum absolute atomic E-state index is 0.126. The van der Waals surface area contributed by atoms with Crippen molar-refractivity contribution in [1.29, 1.82) is 0 Å². The second kappa shape index (κ2) is 5.98. The van der Waals surface area contributed by atoms with E-state index in [-0.39, 0.29) is 17.4 Å². The van der Waals surface area contributed by atoms with E-state index in [2.05, 4.69) is 15.5 Å². The number of hydrogen-bond acceptors (Lipinski definition) is 3. The first kappa shape index (κ1) is 14.3. The van der Waals surface area contributed by atoms with Crippen LogP contribution in [-0.2, 0) is 4.79 Å². The van der Waals surface area contributed by atoms with E-state index in [9.17, 15) is 9.18 Å². The molecule has 3 aliphatic rings. The molecule has 3 fully saturated rings. The minimum Gasteiger partial charge on any atom is -0.342 e. The maximum absolute atomic E-state index is 14.4. The molecular weight excluding hydrogens is 257 g/mol. The van der Waals surface area contributed by atoms with Crippen LogP contribution in [0.5, 0.6) is 0 Å². The van der Waals surface area contributed by atoms with Crippen molar-refractivity contribution in [3.8, 4) is 0 Å². The summed E-state index contributed by atoms with van der Waals surface area (Å²) in [4.78, 5) is 14.1. The van der Waals surface area contributed by atoms with Crippen LogP contribution in [0.4, 0.5) is 4.39 Å². The van der Waals surface area contributed by atoms with Crippen LogP contribution < -0.4 is 10.6 Å². The molecular formula is C15H26FN3O. The summed E-state index contributed by atoms with van der Waals surface area (Å²) in [6.45, 7) is 2.79. The van der Waals surface area contributed by atoms with Crippen LogP contribution in [0, 0.1) is 5.92 Å². The number of amides is 1. The maximum atomic E-state index is 14.4. The lowest BCUT2D eigenvalue weighted by molar-refractivity contribution is -0.125. The van der Waals surface area contributed by atoms with Crippen LogP contribution in [0.25, 0.3) is 0 Å². The SMILES string of the molecule is O=C1NCNC12CCN(C[C@@H](F)C1CCCCC1)CC2. The molecule has 5 heteroatoms. The Hall–Kier alpha value is -0.680. The molecule has 1 atom stereocenters. The molecule has 1 saturated carbocycles. The summed E-state index contributed by atoms with van der Waals surface area (Å²) in [5.74, 6) is 0.397. The maximum Gasteiger partial charge on any atom is 0.241 e. The van der Waals surface area contributed by atoms with Gasteiger partial charge in [0, 0.05) is 19.6 Å². The Bertz CT molecular complexity index is 349. The van der Waals surface area contributed by atoms with Crippen LogP contribution in [0.2, 0.25) is 0 Å². The zero-order valence-electron chi connectivity index (χ0n) is 12.2. The van der Waals surface area contributed by atoms with Gasteiger partial charge in [0.25, 0.3) is 0 Å². The Balaban J connectivity index is 1.47. The van der Waals surface area contributed by atoms with E-state index >= 15 is 0 Å². The zero-order chi connectivity index (χ0) is 14.0. The summed E-state index contributed by atoms with van der Waals surface area (Å²) >= 11 is 0. The van der Waals surface area contributed by atoms with E-state index in [1.165, 1.54) is 19.3 Å². The molecule has 2 aliphatic heterocycles. The predicted molar refractivity (Wildman–Crippen MR) is 76.0 cm³/mol. The first-order valence-corrected chi connectivity index (χ1v) is 8.09. The summed E-state index contributed by atoms with van der Waals surface area (Å²) in [6, 6.07) is 0. The summed E-state index contributed by atoms with van der Waals surface area (Å²) in [7, 11) is 0. The highest BCUT2D eigenvalue weighted by Gasteiger charge is 2.44. The number of carbonyl (C=O) groups is 1. The lowest BCUT2D eigenvalue weighted by Gasteiger charge is -2.38. The fourth-order valence-electron chi connectivity index (χ4n) is 3.96. The van der Waals surface area contributed by atoms with E-state index in [4.69, 9.17) is 0 Å². The first-order chi connectivity index (χ1) is 9.70. The third-order valence-corrected chi connectivity index (χ3v) is 5.41. The van der Waals surface area contributed by atoms with Crippen LogP contribution in [0.1, 0.15) is 44.9 Å². The minimum atomic E-state index is -0.685. The number of alkyl halides is 1. The molecule has 4 nitrogen and oxygen atoms in total. The predicted octanol–water partition coefficient (Wildman–Crippen LogP) is 1.42. The van der Waals surface area contributed by atoms with Gasteiger partial charge in [0.2, 0.25) is 5.91 Å². The van der Waals surface area contributed by atoms with Gasteiger partial charge in [-0.05, 0) is 31.6 Å². The molecule has 20 heavy (non-hydrogen) atoms. The molecule has 2 saturated heterocycles. The Morgan fingerprint density at radius 1 is 1.25 bits per heavy atom. The van der Waals surface area contributed by atoms with Crippen LogP contribution in [-0.4, -0.2) is 48.8 Å². The molecule has 1 amide bonds. The van der Waals surface area contributed by atoms with Crippen molar-refractivity contribution in [2.45, 2.75) is 56.7 Å².